The normalized spacial score (nSPS) is 12.0. The largest absolute Gasteiger partial charge is 0.396 e. The van der Waals surface area contributed by atoms with Gasteiger partial charge in [0.25, 0.3) is 0 Å². The molecule has 0 rings (SSSR count). The summed E-state index contributed by atoms with van der Waals surface area (Å²) in [6.07, 6.45) is 4.35. The summed E-state index contributed by atoms with van der Waals surface area (Å²) in [6.45, 7) is 8.00. The van der Waals surface area contributed by atoms with Crippen LogP contribution in [-0.2, 0) is 8.85 Å². The third kappa shape index (κ3) is 7.96. The molecule has 0 aromatic heterocycles. The van der Waals surface area contributed by atoms with E-state index < -0.39 is 8.56 Å². The third-order valence-electron chi connectivity index (χ3n) is 2.44. The fraction of sp³-hybridized carbons (Fsp3) is 1.00. The summed E-state index contributed by atoms with van der Waals surface area (Å²) >= 11 is 0. The molecule has 0 aliphatic heterocycles. The van der Waals surface area contributed by atoms with E-state index in [4.69, 9.17) is 14.0 Å². The first-order valence-corrected chi connectivity index (χ1v) is 8.59. The van der Waals surface area contributed by atoms with Crippen molar-refractivity contribution in [3.05, 3.63) is 0 Å². The van der Waals surface area contributed by atoms with Crippen LogP contribution in [0.15, 0.2) is 0 Å². The number of hydrogen-bond donors (Lipinski definition) is 1. The Labute approximate surface area is 95.0 Å². The van der Waals surface area contributed by atoms with Gasteiger partial charge in [0.15, 0.2) is 0 Å². The van der Waals surface area contributed by atoms with Gasteiger partial charge in [-0.3, -0.25) is 0 Å². The van der Waals surface area contributed by atoms with Crippen LogP contribution in [0.2, 0.25) is 12.6 Å². The minimum Gasteiger partial charge on any atom is -0.396 e. The molecule has 0 heterocycles. The van der Waals surface area contributed by atoms with E-state index in [-0.39, 0.29) is 0 Å². The van der Waals surface area contributed by atoms with Crippen LogP contribution in [-0.4, -0.2) is 33.5 Å². The zero-order chi connectivity index (χ0) is 11.6. The molecule has 0 saturated heterocycles. The van der Waals surface area contributed by atoms with Crippen LogP contribution in [0.1, 0.15) is 39.5 Å². The highest BCUT2D eigenvalue weighted by atomic mass is 28.4. The van der Waals surface area contributed by atoms with E-state index in [0.717, 1.165) is 38.5 Å². The topological polar surface area (TPSA) is 38.7 Å². The lowest BCUT2D eigenvalue weighted by Crippen LogP contribution is -2.38. The van der Waals surface area contributed by atoms with Gasteiger partial charge in [0.2, 0.25) is 0 Å². The molecule has 1 N–H and O–H groups in total. The highest BCUT2D eigenvalue weighted by molar-refractivity contribution is 6.66. The molecule has 15 heavy (non-hydrogen) atoms. The molecule has 92 valence electrons. The second-order valence-corrected chi connectivity index (χ2v) is 7.23. The Morgan fingerprint density at radius 2 is 1.47 bits per heavy atom. The molecule has 0 aliphatic rings. The van der Waals surface area contributed by atoms with E-state index in [1.54, 1.807) is 0 Å². The first-order chi connectivity index (χ1) is 7.18. The van der Waals surface area contributed by atoms with Crippen LogP contribution in [0, 0.1) is 0 Å². The molecular formula is C11H26O3Si. The quantitative estimate of drug-likeness (QED) is 0.466. The van der Waals surface area contributed by atoms with Gasteiger partial charge in [-0.2, -0.15) is 0 Å². The van der Waals surface area contributed by atoms with E-state index in [2.05, 4.69) is 6.55 Å². The minimum atomic E-state index is -1.87. The lowest BCUT2D eigenvalue weighted by Gasteiger charge is -2.25. The van der Waals surface area contributed by atoms with Gasteiger partial charge >= 0.3 is 8.56 Å². The van der Waals surface area contributed by atoms with Crippen molar-refractivity contribution in [1.29, 1.82) is 0 Å². The molecular weight excluding hydrogens is 208 g/mol. The smallest absolute Gasteiger partial charge is 0.334 e. The van der Waals surface area contributed by atoms with Crippen LogP contribution in [0.5, 0.6) is 0 Å². The summed E-state index contributed by atoms with van der Waals surface area (Å²) in [5.74, 6) is 0. The molecule has 0 fully saturated rings. The minimum absolute atomic E-state index is 0.311. The van der Waals surface area contributed by atoms with E-state index in [0.29, 0.717) is 6.61 Å². The standard InChI is InChI=1S/C11H26O3Si/c1-4-13-15(3,14-5-2)11-9-7-6-8-10-12/h12H,4-11H2,1-3H3. The van der Waals surface area contributed by atoms with Crippen molar-refractivity contribution in [2.45, 2.75) is 52.1 Å². The summed E-state index contributed by atoms with van der Waals surface area (Å²) in [5, 5.41) is 8.65. The molecule has 0 bridgehead atoms. The summed E-state index contributed by atoms with van der Waals surface area (Å²) < 4.78 is 11.5. The molecule has 0 aliphatic carbocycles. The molecule has 3 nitrogen and oxygen atoms in total. The second kappa shape index (κ2) is 9.33. The Morgan fingerprint density at radius 3 is 1.93 bits per heavy atom. The van der Waals surface area contributed by atoms with Gasteiger partial charge < -0.3 is 14.0 Å². The van der Waals surface area contributed by atoms with Crippen LogP contribution >= 0.6 is 0 Å². The van der Waals surface area contributed by atoms with Gasteiger partial charge in [0, 0.05) is 19.8 Å². The van der Waals surface area contributed by atoms with Crippen molar-refractivity contribution in [2.75, 3.05) is 19.8 Å². The summed E-state index contributed by atoms with van der Waals surface area (Å²) in [5.41, 5.74) is 0. The van der Waals surface area contributed by atoms with E-state index in [1.807, 2.05) is 13.8 Å². The second-order valence-electron chi connectivity index (χ2n) is 3.89. The van der Waals surface area contributed by atoms with E-state index in [1.165, 1.54) is 6.42 Å². The fourth-order valence-electron chi connectivity index (χ4n) is 1.71. The molecule has 0 amide bonds. The Hall–Kier alpha value is 0.0969. The first kappa shape index (κ1) is 15.1. The van der Waals surface area contributed by atoms with Gasteiger partial charge in [-0.15, -0.1) is 0 Å². The van der Waals surface area contributed by atoms with Crippen LogP contribution in [0.4, 0.5) is 0 Å². The lowest BCUT2D eigenvalue weighted by atomic mass is 10.2. The number of unbranched alkanes of at least 4 members (excludes halogenated alkanes) is 3. The Bertz CT molecular complexity index is 136. The van der Waals surface area contributed by atoms with Crippen molar-refractivity contribution in [1.82, 2.24) is 0 Å². The molecule has 4 heteroatoms. The maximum Gasteiger partial charge on any atom is 0.334 e. The summed E-state index contributed by atoms with van der Waals surface area (Å²) in [6, 6.07) is 1.07. The van der Waals surface area contributed by atoms with Crippen LogP contribution in [0.25, 0.3) is 0 Å². The van der Waals surface area contributed by atoms with Gasteiger partial charge in [0.05, 0.1) is 0 Å². The molecule has 0 atom stereocenters. The fourth-order valence-corrected chi connectivity index (χ4v) is 4.19. The highest BCUT2D eigenvalue weighted by Gasteiger charge is 2.29. The Balaban J connectivity index is 3.65. The van der Waals surface area contributed by atoms with Gasteiger partial charge in [0.1, 0.15) is 0 Å². The molecule has 0 radical (unpaired) electrons. The monoisotopic (exact) mass is 234 g/mol. The summed E-state index contributed by atoms with van der Waals surface area (Å²) in [4.78, 5) is 0. The maximum atomic E-state index is 8.65. The average Bonchev–Trinajstić information content (AvgIpc) is 2.18. The maximum absolute atomic E-state index is 8.65. The Kier molecular flexibility index (Phi) is 9.39. The third-order valence-corrected chi connectivity index (χ3v) is 5.50. The average molecular weight is 234 g/mol. The van der Waals surface area contributed by atoms with Crippen molar-refractivity contribution >= 4 is 8.56 Å². The van der Waals surface area contributed by atoms with Gasteiger partial charge in [-0.1, -0.05) is 19.3 Å². The molecule has 0 aromatic rings. The Morgan fingerprint density at radius 1 is 0.933 bits per heavy atom. The SMILES string of the molecule is CCO[Si](C)(CCCCCCO)OCC. The molecule has 0 spiro atoms. The van der Waals surface area contributed by atoms with E-state index >= 15 is 0 Å². The number of aliphatic hydroxyl groups is 1. The van der Waals surface area contributed by atoms with Crippen molar-refractivity contribution in [2.24, 2.45) is 0 Å². The van der Waals surface area contributed by atoms with Crippen LogP contribution < -0.4 is 0 Å². The predicted octanol–water partition coefficient (Wildman–Crippen LogP) is 2.68. The molecule has 0 unspecified atom stereocenters. The van der Waals surface area contributed by atoms with Crippen molar-refractivity contribution in [3.63, 3.8) is 0 Å². The highest BCUT2D eigenvalue weighted by Crippen LogP contribution is 2.18. The summed E-state index contributed by atoms with van der Waals surface area (Å²) in [7, 11) is -1.87. The molecule has 0 saturated carbocycles. The zero-order valence-corrected chi connectivity index (χ0v) is 11.4. The van der Waals surface area contributed by atoms with Gasteiger partial charge in [-0.05, 0) is 32.9 Å². The molecule has 0 aromatic carbocycles. The van der Waals surface area contributed by atoms with E-state index in [9.17, 15) is 0 Å². The van der Waals surface area contributed by atoms with Crippen molar-refractivity contribution in [3.8, 4) is 0 Å². The lowest BCUT2D eigenvalue weighted by molar-refractivity contribution is 0.188. The van der Waals surface area contributed by atoms with Crippen molar-refractivity contribution < 1.29 is 14.0 Å². The first-order valence-electron chi connectivity index (χ1n) is 6.07. The van der Waals surface area contributed by atoms with Gasteiger partial charge in [-0.25, -0.2) is 0 Å². The zero-order valence-electron chi connectivity index (χ0n) is 10.4. The number of hydrogen-bond acceptors (Lipinski definition) is 3. The van der Waals surface area contributed by atoms with Crippen LogP contribution in [0.3, 0.4) is 0 Å². The number of rotatable bonds is 10. The predicted molar refractivity (Wildman–Crippen MR) is 65.2 cm³/mol. The number of aliphatic hydroxyl groups excluding tert-OH is 1.